The molecule has 0 saturated heterocycles. The van der Waals surface area contributed by atoms with Gasteiger partial charge >= 0.3 is 0 Å². The molecule has 182 valence electrons. The van der Waals surface area contributed by atoms with E-state index in [0.29, 0.717) is 28.2 Å². The number of amides is 1. The average Bonchev–Trinajstić information content (AvgIpc) is 3.37. The van der Waals surface area contributed by atoms with E-state index in [9.17, 15) is 10.1 Å². The number of allylic oxidation sites excluding steroid dienone is 1. The van der Waals surface area contributed by atoms with Crippen LogP contribution in [0.3, 0.4) is 0 Å². The van der Waals surface area contributed by atoms with Gasteiger partial charge in [0.15, 0.2) is 11.0 Å². The number of nitriles is 1. The number of rotatable bonds is 7. The van der Waals surface area contributed by atoms with E-state index in [1.807, 2.05) is 35.8 Å². The van der Waals surface area contributed by atoms with Crippen LogP contribution in [-0.4, -0.2) is 26.4 Å². The van der Waals surface area contributed by atoms with Crippen LogP contribution in [0.1, 0.15) is 48.8 Å². The van der Waals surface area contributed by atoms with Crippen molar-refractivity contribution in [2.75, 3.05) is 11.1 Å². The zero-order valence-electron chi connectivity index (χ0n) is 20.7. The summed E-state index contributed by atoms with van der Waals surface area (Å²) >= 11 is 2.90. The van der Waals surface area contributed by atoms with Gasteiger partial charge in [-0.15, -0.1) is 28.1 Å². The Morgan fingerprint density at radius 3 is 2.74 bits per heavy atom. The number of aromatic nitrogens is 3. The Labute approximate surface area is 215 Å². The molecule has 1 N–H and O–H groups in total. The van der Waals surface area contributed by atoms with Crippen LogP contribution in [-0.2, 0) is 24.2 Å². The van der Waals surface area contributed by atoms with Gasteiger partial charge in [-0.05, 0) is 43.1 Å². The fourth-order valence-electron chi connectivity index (χ4n) is 4.43. The lowest BCUT2D eigenvalue weighted by molar-refractivity contribution is -0.113. The minimum absolute atomic E-state index is 0.150. The quantitative estimate of drug-likeness (QED) is 0.303. The summed E-state index contributed by atoms with van der Waals surface area (Å²) in [4.78, 5) is 14.1. The maximum absolute atomic E-state index is 12.9. The summed E-state index contributed by atoms with van der Waals surface area (Å²) in [5.74, 6) is 1.36. The van der Waals surface area contributed by atoms with Crippen molar-refractivity contribution in [3.05, 3.63) is 58.5 Å². The fourth-order valence-corrected chi connectivity index (χ4v) is 6.47. The molecule has 1 aliphatic rings. The van der Waals surface area contributed by atoms with Gasteiger partial charge in [0.1, 0.15) is 11.1 Å². The summed E-state index contributed by atoms with van der Waals surface area (Å²) in [6.45, 7) is 13.3. The molecule has 1 aromatic carbocycles. The first-order valence-corrected chi connectivity index (χ1v) is 13.6. The molecule has 0 radical (unpaired) electrons. The third kappa shape index (κ3) is 5.52. The zero-order chi connectivity index (χ0) is 25.2. The average molecular weight is 506 g/mol. The van der Waals surface area contributed by atoms with E-state index in [1.165, 1.54) is 22.2 Å². The van der Waals surface area contributed by atoms with Crippen molar-refractivity contribution in [3.63, 3.8) is 0 Å². The van der Waals surface area contributed by atoms with Crippen LogP contribution < -0.4 is 5.32 Å². The van der Waals surface area contributed by atoms with E-state index in [0.717, 1.165) is 36.2 Å². The fraction of sp³-hybridized carbons (Fsp3) is 0.407. The van der Waals surface area contributed by atoms with Gasteiger partial charge in [0.2, 0.25) is 5.91 Å². The zero-order valence-corrected chi connectivity index (χ0v) is 22.4. The minimum atomic E-state index is -0.150. The molecular weight excluding hydrogens is 474 g/mol. The largest absolute Gasteiger partial charge is 0.316 e. The van der Waals surface area contributed by atoms with Crippen LogP contribution in [0.25, 0.3) is 11.4 Å². The van der Waals surface area contributed by atoms with Crippen molar-refractivity contribution >= 4 is 34.0 Å². The topological polar surface area (TPSA) is 83.6 Å². The monoisotopic (exact) mass is 505 g/mol. The summed E-state index contributed by atoms with van der Waals surface area (Å²) in [5.41, 5.74) is 4.13. The number of carbonyl (C=O) groups excluding carboxylic acids is 1. The molecule has 8 heteroatoms. The number of hydrogen-bond acceptors (Lipinski definition) is 6. The lowest BCUT2D eigenvalue weighted by atomic mass is 9.72. The number of anilines is 1. The molecule has 0 fully saturated rings. The van der Waals surface area contributed by atoms with Gasteiger partial charge in [-0.1, -0.05) is 68.4 Å². The third-order valence-corrected chi connectivity index (χ3v) is 8.66. The molecule has 6 nitrogen and oxygen atoms in total. The highest BCUT2D eigenvalue weighted by Crippen LogP contribution is 2.44. The third-order valence-electron chi connectivity index (χ3n) is 6.53. The summed E-state index contributed by atoms with van der Waals surface area (Å²) in [7, 11) is 0. The van der Waals surface area contributed by atoms with Gasteiger partial charge in [-0.2, -0.15) is 5.26 Å². The summed E-state index contributed by atoms with van der Waals surface area (Å²) in [6.07, 6.45) is 4.74. The number of benzene rings is 1. The molecular formula is C27H31N5OS2. The van der Waals surface area contributed by atoms with Crippen LogP contribution >= 0.6 is 23.1 Å². The molecule has 0 saturated carbocycles. The van der Waals surface area contributed by atoms with Crippen LogP contribution in [0.5, 0.6) is 0 Å². The Kier molecular flexibility index (Phi) is 7.48. The maximum atomic E-state index is 12.9. The molecule has 1 atom stereocenters. The number of nitrogens with one attached hydrogen (secondary N) is 1. The number of thioether (sulfide) groups is 1. The number of thiophene rings is 1. The van der Waals surface area contributed by atoms with Gasteiger partial charge in [0, 0.05) is 17.0 Å². The van der Waals surface area contributed by atoms with Crippen molar-refractivity contribution in [3.8, 4) is 17.5 Å². The van der Waals surface area contributed by atoms with Crippen LogP contribution in [0, 0.1) is 29.6 Å². The van der Waals surface area contributed by atoms with Gasteiger partial charge in [-0.25, -0.2) is 0 Å². The lowest BCUT2D eigenvalue weighted by Crippen LogP contribution is -2.26. The first-order chi connectivity index (χ1) is 16.7. The number of nitrogens with zero attached hydrogens (tertiary/aromatic N) is 4. The first kappa shape index (κ1) is 25.2. The Morgan fingerprint density at radius 2 is 2.09 bits per heavy atom. The second kappa shape index (κ2) is 10.4. The van der Waals surface area contributed by atoms with Gasteiger partial charge in [0.25, 0.3) is 0 Å². The SMILES string of the molecule is C=CCn1c(SCC(=O)Nc2sc3c(c2C#N)CC[C@@H](C(C)(C)C)C3)nnc1-c1ccc(C)cc1. The van der Waals surface area contributed by atoms with Gasteiger partial charge in [-0.3, -0.25) is 9.36 Å². The first-order valence-electron chi connectivity index (χ1n) is 11.8. The highest BCUT2D eigenvalue weighted by molar-refractivity contribution is 7.99. The standard InChI is InChI=1S/C27H31N5OS2/c1-6-13-32-24(18-9-7-17(2)8-10-18)30-31-26(32)34-16-23(33)29-25-21(15-28)20-12-11-19(27(3,4)5)14-22(20)35-25/h6-10,19H,1,11-14,16H2,2-5H3,(H,29,33)/t19-/m1/s1. The second-order valence-electron chi connectivity index (χ2n) is 10.0. The van der Waals surface area contributed by atoms with Crippen LogP contribution in [0.2, 0.25) is 0 Å². The van der Waals surface area contributed by atoms with Crippen molar-refractivity contribution in [1.29, 1.82) is 5.26 Å². The molecule has 0 bridgehead atoms. The predicted octanol–water partition coefficient (Wildman–Crippen LogP) is 6.25. The second-order valence-corrected chi connectivity index (χ2v) is 12.1. The van der Waals surface area contributed by atoms with Crippen molar-refractivity contribution in [2.24, 2.45) is 11.3 Å². The van der Waals surface area contributed by atoms with Crippen molar-refractivity contribution in [2.45, 2.75) is 58.7 Å². The number of fused-ring (bicyclic) bond motifs is 1. The molecule has 35 heavy (non-hydrogen) atoms. The van der Waals surface area contributed by atoms with E-state index < -0.39 is 0 Å². The lowest BCUT2D eigenvalue weighted by Gasteiger charge is -2.33. The molecule has 4 rings (SSSR count). The van der Waals surface area contributed by atoms with Crippen LogP contribution in [0.15, 0.2) is 42.1 Å². The summed E-state index contributed by atoms with van der Waals surface area (Å²) in [5, 5.41) is 22.8. The van der Waals surface area contributed by atoms with E-state index in [1.54, 1.807) is 17.4 Å². The summed E-state index contributed by atoms with van der Waals surface area (Å²) < 4.78 is 1.97. The number of hydrogen-bond donors (Lipinski definition) is 1. The Bertz CT molecular complexity index is 1270. The summed E-state index contributed by atoms with van der Waals surface area (Å²) in [6, 6.07) is 10.5. The highest BCUT2D eigenvalue weighted by Gasteiger charge is 2.32. The van der Waals surface area contributed by atoms with Crippen molar-refractivity contribution in [1.82, 2.24) is 14.8 Å². The number of carbonyl (C=O) groups is 1. The Balaban J connectivity index is 1.47. The molecule has 1 amide bonds. The molecule has 0 unspecified atom stereocenters. The molecule has 2 heterocycles. The molecule has 0 aliphatic heterocycles. The van der Waals surface area contributed by atoms with Crippen molar-refractivity contribution < 1.29 is 4.79 Å². The molecule has 0 spiro atoms. The van der Waals surface area contributed by atoms with E-state index in [2.05, 4.69) is 48.9 Å². The normalized spacial score (nSPS) is 15.3. The van der Waals surface area contributed by atoms with Crippen LogP contribution in [0.4, 0.5) is 5.00 Å². The van der Waals surface area contributed by atoms with E-state index in [-0.39, 0.29) is 17.1 Å². The van der Waals surface area contributed by atoms with Gasteiger partial charge in [0.05, 0.1) is 11.3 Å². The Morgan fingerprint density at radius 1 is 1.34 bits per heavy atom. The molecule has 1 aliphatic carbocycles. The molecule has 3 aromatic rings. The number of aryl methyl sites for hydroxylation is 1. The highest BCUT2D eigenvalue weighted by atomic mass is 32.2. The maximum Gasteiger partial charge on any atom is 0.235 e. The Hall–Kier alpha value is -2.89. The van der Waals surface area contributed by atoms with Gasteiger partial charge < -0.3 is 5.32 Å². The molecule has 2 aromatic heterocycles. The van der Waals surface area contributed by atoms with E-state index in [4.69, 9.17) is 0 Å². The smallest absolute Gasteiger partial charge is 0.235 e. The predicted molar refractivity (Wildman–Crippen MR) is 144 cm³/mol. The van der Waals surface area contributed by atoms with E-state index >= 15 is 0 Å². The minimum Gasteiger partial charge on any atom is -0.316 e.